The summed E-state index contributed by atoms with van der Waals surface area (Å²) in [5, 5.41) is 2.98. The minimum absolute atomic E-state index is 0.0559. The summed E-state index contributed by atoms with van der Waals surface area (Å²) < 4.78 is 19.2. The van der Waals surface area contributed by atoms with Gasteiger partial charge in [0.1, 0.15) is 11.6 Å². The van der Waals surface area contributed by atoms with Gasteiger partial charge in [-0.1, -0.05) is 11.6 Å². The van der Waals surface area contributed by atoms with Crippen LogP contribution in [-0.2, 0) is 0 Å². The van der Waals surface area contributed by atoms with Crippen LogP contribution in [0.2, 0.25) is 5.02 Å². The number of amides is 1. The van der Waals surface area contributed by atoms with Gasteiger partial charge < -0.3 is 10.1 Å². The first-order valence-electron chi connectivity index (χ1n) is 5.61. The number of halogens is 3. The van der Waals surface area contributed by atoms with E-state index in [2.05, 4.69) is 21.2 Å². The molecule has 104 valence electrons. The SMILES string of the molecule is COc1ccc(F)c(NC(=O)c2ccc(Cl)c(Br)c2)c1. The fraction of sp³-hybridized carbons (Fsp3) is 0.0714. The molecule has 2 rings (SSSR count). The first-order valence-corrected chi connectivity index (χ1v) is 6.78. The standard InChI is InChI=1S/C14H10BrClFNO2/c1-20-9-3-5-12(17)13(7-9)18-14(19)8-2-4-11(16)10(15)6-8/h2-7H,1H3,(H,18,19). The molecule has 3 nitrogen and oxygen atoms in total. The molecule has 2 aromatic rings. The summed E-state index contributed by atoms with van der Waals surface area (Å²) in [5.74, 6) is -0.513. The van der Waals surface area contributed by atoms with E-state index in [-0.39, 0.29) is 5.69 Å². The highest BCUT2D eigenvalue weighted by atomic mass is 79.9. The summed E-state index contributed by atoms with van der Waals surface area (Å²) in [6.07, 6.45) is 0. The number of nitrogens with one attached hydrogen (secondary N) is 1. The molecule has 0 atom stereocenters. The van der Waals surface area contributed by atoms with Gasteiger partial charge in [0.25, 0.3) is 5.91 Å². The van der Waals surface area contributed by atoms with Gasteiger partial charge in [-0.05, 0) is 46.3 Å². The van der Waals surface area contributed by atoms with E-state index >= 15 is 0 Å². The van der Waals surface area contributed by atoms with Gasteiger partial charge in [-0.2, -0.15) is 0 Å². The maximum atomic E-state index is 13.6. The van der Waals surface area contributed by atoms with Gasteiger partial charge in [0.2, 0.25) is 0 Å². The zero-order valence-corrected chi connectivity index (χ0v) is 12.8. The van der Waals surface area contributed by atoms with E-state index in [9.17, 15) is 9.18 Å². The van der Waals surface area contributed by atoms with Crippen molar-refractivity contribution in [3.63, 3.8) is 0 Å². The smallest absolute Gasteiger partial charge is 0.255 e. The second-order valence-electron chi connectivity index (χ2n) is 3.93. The van der Waals surface area contributed by atoms with Crippen LogP contribution in [0.3, 0.4) is 0 Å². The van der Waals surface area contributed by atoms with Crippen molar-refractivity contribution in [2.45, 2.75) is 0 Å². The first-order chi connectivity index (χ1) is 9.51. The number of carbonyl (C=O) groups is 1. The molecule has 0 radical (unpaired) electrons. The van der Waals surface area contributed by atoms with Crippen LogP contribution in [0.25, 0.3) is 0 Å². The zero-order chi connectivity index (χ0) is 14.7. The highest BCUT2D eigenvalue weighted by molar-refractivity contribution is 9.10. The number of rotatable bonds is 3. The quantitative estimate of drug-likeness (QED) is 0.877. The maximum Gasteiger partial charge on any atom is 0.255 e. The lowest BCUT2D eigenvalue weighted by molar-refractivity contribution is 0.102. The summed E-state index contributed by atoms with van der Waals surface area (Å²) in [4.78, 5) is 12.0. The van der Waals surface area contributed by atoms with Crippen molar-refractivity contribution in [2.24, 2.45) is 0 Å². The van der Waals surface area contributed by atoms with Crippen LogP contribution in [0, 0.1) is 5.82 Å². The molecular weight excluding hydrogens is 349 g/mol. The lowest BCUT2D eigenvalue weighted by Crippen LogP contribution is -2.13. The molecule has 0 fully saturated rings. The highest BCUT2D eigenvalue weighted by Crippen LogP contribution is 2.25. The Balaban J connectivity index is 2.25. The number of hydrogen-bond donors (Lipinski definition) is 1. The number of methoxy groups -OCH3 is 1. The molecule has 0 unspecified atom stereocenters. The van der Waals surface area contributed by atoms with Crippen LogP contribution in [-0.4, -0.2) is 13.0 Å². The number of carbonyl (C=O) groups excluding carboxylic acids is 1. The molecule has 0 saturated carbocycles. The van der Waals surface area contributed by atoms with E-state index in [1.54, 1.807) is 18.2 Å². The minimum atomic E-state index is -0.535. The Hall–Kier alpha value is -1.59. The summed E-state index contributed by atoms with van der Waals surface area (Å²) in [6, 6.07) is 8.83. The molecule has 0 aliphatic heterocycles. The molecule has 1 amide bonds. The third-order valence-corrected chi connectivity index (χ3v) is 3.82. The van der Waals surface area contributed by atoms with Gasteiger partial charge in [-0.15, -0.1) is 0 Å². The third kappa shape index (κ3) is 3.29. The van der Waals surface area contributed by atoms with Crippen molar-refractivity contribution in [1.82, 2.24) is 0 Å². The highest BCUT2D eigenvalue weighted by Gasteiger charge is 2.11. The number of hydrogen-bond acceptors (Lipinski definition) is 2. The van der Waals surface area contributed by atoms with E-state index in [1.165, 1.54) is 25.3 Å². The Labute approximate surface area is 128 Å². The summed E-state index contributed by atoms with van der Waals surface area (Å²) in [7, 11) is 1.47. The number of anilines is 1. The Morgan fingerprint density at radius 3 is 2.70 bits per heavy atom. The molecule has 0 saturated heterocycles. The molecule has 0 bridgehead atoms. The van der Waals surface area contributed by atoms with Crippen molar-refractivity contribution in [3.05, 3.63) is 57.3 Å². The maximum absolute atomic E-state index is 13.6. The van der Waals surface area contributed by atoms with Crippen LogP contribution in [0.4, 0.5) is 10.1 Å². The van der Waals surface area contributed by atoms with Gasteiger partial charge >= 0.3 is 0 Å². The Morgan fingerprint density at radius 2 is 2.05 bits per heavy atom. The molecule has 0 aliphatic rings. The fourth-order valence-corrected chi connectivity index (χ4v) is 2.06. The van der Waals surface area contributed by atoms with Crippen molar-refractivity contribution < 1.29 is 13.9 Å². The summed E-state index contributed by atoms with van der Waals surface area (Å²) in [5.41, 5.74) is 0.420. The average Bonchev–Trinajstić information content (AvgIpc) is 2.44. The molecule has 0 aromatic heterocycles. The molecule has 0 heterocycles. The lowest BCUT2D eigenvalue weighted by atomic mass is 10.2. The minimum Gasteiger partial charge on any atom is -0.497 e. The monoisotopic (exact) mass is 357 g/mol. The van der Waals surface area contributed by atoms with Crippen molar-refractivity contribution in [3.8, 4) is 5.75 Å². The van der Waals surface area contributed by atoms with E-state index in [4.69, 9.17) is 16.3 Å². The third-order valence-electron chi connectivity index (χ3n) is 2.60. The summed E-state index contributed by atoms with van der Waals surface area (Å²) >= 11 is 9.09. The van der Waals surface area contributed by atoms with Crippen molar-refractivity contribution in [1.29, 1.82) is 0 Å². The topological polar surface area (TPSA) is 38.3 Å². The number of benzene rings is 2. The predicted molar refractivity (Wildman–Crippen MR) is 80.1 cm³/mol. The van der Waals surface area contributed by atoms with Crippen LogP contribution in [0.5, 0.6) is 5.75 Å². The largest absolute Gasteiger partial charge is 0.497 e. The second-order valence-corrected chi connectivity index (χ2v) is 5.19. The van der Waals surface area contributed by atoms with Gasteiger partial charge in [0.15, 0.2) is 0 Å². The van der Waals surface area contributed by atoms with Gasteiger partial charge in [0, 0.05) is 16.1 Å². The second kappa shape index (κ2) is 6.24. The van der Waals surface area contributed by atoms with Crippen LogP contribution >= 0.6 is 27.5 Å². The molecular formula is C14H10BrClFNO2. The van der Waals surface area contributed by atoms with E-state index < -0.39 is 11.7 Å². The molecule has 6 heteroatoms. The van der Waals surface area contributed by atoms with Crippen molar-refractivity contribution in [2.75, 3.05) is 12.4 Å². The first kappa shape index (κ1) is 14.8. The Bertz CT molecular complexity index is 664. The number of ether oxygens (including phenoxy) is 1. The van der Waals surface area contributed by atoms with Gasteiger partial charge in [-0.25, -0.2) is 4.39 Å². The van der Waals surface area contributed by atoms with Crippen LogP contribution < -0.4 is 10.1 Å². The van der Waals surface area contributed by atoms with Crippen LogP contribution in [0.1, 0.15) is 10.4 Å². The predicted octanol–water partition coefficient (Wildman–Crippen LogP) is 4.50. The molecule has 1 N–H and O–H groups in total. The zero-order valence-electron chi connectivity index (χ0n) is 10.4. The molecule has 0 spiro atoms. The lowest BCUT2D eigenvalue weighted by Gasteiger charge is -2.09. The van der Waals surface area contributed by atoms with Crippen molar-refractivity contribution >= 4 is 39.1 Å². The van der Waals surface area contributed by atoms with E-state index in [0.29, 0.717) is 20.8 Å². The van der Waals surface area contributed by atoms with Crippen LogP contribution in [0.15, 0.2) is 40.9 Å². The van der Waals surface area contributed by atoms with Gasteiger partial charge in [-0.3, -0.25) is 4.79 Å². The molecule has 0 aliphatic carbocycles. The summed E-state index contributed by atoms with van der Waals surface area (Å²) in [6.45, 7) is 0. The van der Waals surface area contributed by atoms with Gasteiger partial charge in [0.05, 0.1) is 17.8 Å². The molecule has 20 heavy (non-hydrogen) atoms. The molecule has 2 aromatic carbocycles. The normalized spacial score (nSPS) is 10.2. The Morgan fingerprint density at radius 1 is 1.30 bits per heavy atom. The Kier molecular flexibility index (Phi) is 4.62. The average molecular weight is 359 g/mol. The fourth-order valence-electron chi connectivity index (χ4n) is 1.56. The van der Waals surface area contributed by atoms with E-state index in [0.717, 1.165) is 0 Å². The van der Waals surface area contributed by atoms with E-state index in [1.807, 2.05) is 0 Å².